The van der Waals surface area contributed by atoms with Crippen LogP contribution in [0.1, 0.15) is 48.9 Å². The fraction of sp³-hybridized carbons (Fsp3) is 0.588. The summed E-state index contributed by atoms with van der Waals surface area (Å²) in [5.41, 5.74) is 0.242. The fourth-order valence-electron chi connectivity index (χ4n) is 3.85. The molecule has 1 aliphatic carbocycles. The molecule has 1 aliphatic heterocycles. The Kier molecular flexibility index (Phi) is 4.16. The summed E-state index contributed by atoms with van der Waals surface area (Å²) in [6.07, 6.45) is 7.02. The van der Waals surface area contributed by atoms with Gasteiger partial charge in [0.1, 0.15) is 5.82 Å². The van der Waals surface area contributed by atoms with E-state index in [1.807, 2.05) is 0 Å². The number of likely N-dealkylation sites (tertiary alicyclic amines) is 1. The van der Waals surface area contributed by atoms with E-state index >= 15 is 0 Å². The summed E-state index contributed by atoms with van der Waals surface area (Å²) < 4.78 is 13.6. The molecule has 1 aromatic rings. The van der Waals surface area contributed by atoms with E-state index in [9.17, 15) is 9.18 Å². The van der Waals surface area contributed by atoms with Gasteiger partial charge in [-0.2, -0.15) is 0 Å². The van der Waals surface area contributed by atoms with Gasteiger partial charge < -0.3 is 0 Å². The lowest BCUT2D eigenvalue weighted by atomic mass is 9.85. The predicted octanol–water partition coefficient (Wildman–Crippen LogP) is 3.66. The molecule has 3 heteroatoms. The smallest absolute Gasteiger partial charge is 0.167 e. The molecule has 108 valence electrons. The molecule has 3 rings (SSSR count). The minimum atomic E-state index is -0.394. The Balaban J connectivity index is 1.57. The molecule has 0 aromatic heterocycles. The van der Waals surface area contributed by atoms with Crippen molar-refractivity contribution < 1.29 is 9.18 Å². The zero-order valence-corrected chi connectivity index (χ0v) is 11.9. The van der Waals surface area contributed by atoms with Crippen molar-refractivity contribution in [1.82, 2.24) is 4.90 Å². The third-order valence-electron chi connectivity index (χ3n) is 4.93. The maximum atomic E-state index is 13.6. The maximum absolute atomic E-state index is 13.6. The van der Waals surface area contributed by atoms with E-state index in [-0.39, 0.29) is 11.3 Å². The number of ketones is 1. The molecule has 0 amide bonds. The van der Waals surface area contributed by atoms with Gasteiger partial charge >= 0.3 is 0 Å². The van der Waals surface area contributed by atoms with Gasteiger partial charge in [-0.25, -0.2) is 4.39 Å². The molecule has 0 N–H and O–H groups in total. The number of benzene rings is 1. The van der Waals surface area contributed by atoms with Crippen LogP contribution in [0, 0.1) is 11.7 Å². The lowest BCUT2D eigenvalue weighted by Gasteiger charge is -2.31. The third-order valence-corrected chi connectivity index (χ3v) is 4.93. The number of hydrogen-bond acceptors (Lipinski definition) is 2. The van der Waals surface area contributed by atoms with Crippen molar-refractivity contribution in [1.29, 1.82) is 0 Å². The first-order valence-electron chi connectivity index (χ1n) is 7.77. The molecule has 2 fully saturated rings. The molecule has 1 aromatic carbocycles. The highest BCUT2D eigenvalue weighted by Crippen LogP contribution is 2.36. The van der Waals surface area contributed by atoms with Crippen LogP contribution < -0.4 is 0 Å². The van der Waals surface area contributed by atoms with Gasteiger partial charge in [-0.15, -0.1) is 0 Å². The van der Waals surface area contributed by atoms with Crippen molar-refractivity contribution in [3.63, 3.8) is 0 Å². The van der Waals surface area contributed by atoms with E-state index in [0.717, 1.165) is 19.0 Å². The standard InChI is InChI=1S/C17H22FNO/c18-15-7-3-2-6-14(15)17(20)10-12-19-11-9-13-5-1-4-8-16(13)19/h2-3,6-7,13,16H,1,4-5,8-12H2. The molecule has 0 bridgehead atoms. The van der Waals surface area contributed by atoms with Gasteiger partial charge in [0.15, 0.2) is 5.78 Å². The Hall–Kier alpha value is -1.22. The zero-order chi connectivity index (χ0) is 13.9. The van der Waals surface area contributed by atoms with Crippen molar-refractivity contribution in [2.24, 2.45) is 5.92 Å². The van der Waals surface area contributed by atoms with Crippen LogP contribution in [0.4, 0.5) is 4.39 Å². The van der Waals surface area contributed by atoms with E-state index in [1.165, 1.54) is 38.2 Å². The van der Waals surface area contributed by atoms with E-state index in [4.69, 9.17) is 0 Å². The molecule has 1 heterocycles. The number of halogens is 1. The van der Waals surface area contributed by atoms with Crippen molar-refractivity contribution in [3.8, 4) is 0 Å². The lowest BCUT2D eigenvalue weighted by molar-refractivity contribution is 0.0947. The van der Waals surface area contributed by atoms with E-state index < -0.39 is 5.82 Å². The first kappa shape index (κ1) is 13.7. The second kappa shape index (κ2) is 6.04. The van der Waals surface area contributed by atoms with Gasteiger partial charge in [-0.05, 0) is 43.9 Å². The van der Waals surface area contributed by atoms with Crippen LogP contribution in [-0.4, -0.2) is 29.8 Å². The molecule has 2 unspecified atom stereocenters. The quantitative estimate of drug-likeness (QED) is 0.782. The number of hydrogen-bond donors (Lipinski definition) is 0. The molecule has 2 aliphatic rings. The average Bonchev–Trinajstić information content (AvgIpc) is 2.88. The van der Waals surface area contributed by atoms with Crippen LogP contribution >= 0.6 is 0 Å². The Morgan fingerprint density at radius 1 is 1.20 bits per heavy atom. The number of carbonyl (C=O) groups is 1. The summed E-state index contributed by atoms with van der Waals surface area (Å²) in [5, 5.41) is 0. The monoisotopic (exact) mass is 275 g/mol. The highest BCUT2D eigenvalue weighted by atomic mass is 19.1. The van der Waals surface area contributed by atoms with Crippen LogP contribution in [0.15, 0.2) is 24.3 Å². The Morgan fingerprint density at radius 3 is 2.85 bits per heavy atom. The van der Waals surface area contributed by atoms with Gasteiger partial charge in [0.25, 0.3) is 0 Å². The number of Topliss-reactive ketones (excluding diaryl/α,β-unsaturated/α-hetero) is 1. The van der Waals surface area contributed by atoms with E-state index in [0.29, 0.717) is 12.5 Å². The normalized spacial score (nSPS) is 26.4. The summed E-state index contributed by atoms with van der Waals surface area (Å²) in [4.78, 5) is 14.6. The number of fused-ring (bicyclic) bond motifs is 1. The van der Waals surface area contributed by atoms with Gasteiger partial charge in [0.05, 0.1) is 5.56 Å². The third kappa shape index (κ3) is 2.78. The lowest BCUT2D eigenvalue weighted by Crippen LogP contribution is -2.36. The Bertz CT molecular complexity index is 488. The first-order chi connectivity index (χ1) is 9.75. The van der Waals surface area contributed by atoms with Crippen LogP contribution in [0.3, 0.4) is 0 Å². The molecule has 0 spiro atoms. The topological polar surface area (TPSA) is 20.3 Å². The first-order valence-corrected chi connectivity index (χ1v) is 7.77. The van der Waals surface area contributed by atoms with Gasteiger partial charge in [0, 0.05) is 19.0 Å². The minimum absolute atomic E-state index is 0.0673. The summed E-state index contributed by atoms with van der Waals surface area (Å²) in [7, 11) is 0. The SMILES string of the molecule is O=C(CCN1CCC2CCCCC21)c1ccccc1F. The maximum Gasteiger partial charge on any atom is 0.167 e. The number of rotatable bonds is 4. The van der Waals surface area contributed by atoms with Crippen molar-refractivity contribution in [3.05, 3.63) is 35.6 Å². The molecular formula is C17H22FNO. The second-order valence-corrected chi connectivity index (χ2v) is 6.09. The summed E-state index contributed by atoms with van der Waals surface area (Å²) in [6, 6.07) is 6.98. The largest absolute Gasteiger partial charge is 0.300 e. The van der Waals surface area contributed by atoms with Crippen LogP contribution in [0.5, 0.6) is 0 Å². The molecule has 0 radical (unpaired) electrons. The van der Waals surface area contributed by atoms with Gasteiger partial charge in [-0.3, -0.25) is 9.69 Å². The second-order valence-electron chi connectivity index (χ2n) is 6.09. The molecule has 20 heavy (non-hydrogen) atoms. The van der Waals surface area contributed by atoms with Crippen molar-refractivity contribution in [2.45, 2.75) is 44.6 Å². The van der Waals surface area contributed by atoms with Crippen LogP contribution in [0.2, 0.25) is 0 Å². The van der Waals surface area contributed by atoms with Crippen LogP contribution in [0.25, 0.3) is 0 Å². The molecule has 1 saturated carbocycles. The van der Waals surface area contributed by atoms with Crippen LogP contribution in [-0.2, 0) is 0 Å². The van der Waals surface area contributed by atoms with E-state index in [1.54, 1.807) is 18.2 Å². The van der Waals surface area contributed by atoms with Crippen molar-refractivity contribution in [2.75, 3.05) is 13.1 Å². The number of carbonyl (C=O) groups excluding carboxylic acids is 1. The zero-order valence-electron chi connectivity index (χ0n) is 11.9. The number of nitrogens with zero attached hydrogens (tertiary/aromatic N) is 1. The van der Waals surface area contributed by atoms with Crippen molar-refractivity contribution >= 4 is 5.78 Å². The Morgan fingerprint density at radius 2 is 2.00 bits per heavy atom. The van der Waals surface area contributed by atoms with Gasteiger partial charge in [0.2, 0.25) is 0 Å². The molecule has 2 atom stereocenters. The average molecular weight is 275 g/mol. The molecule has 1 saturated heterocycles. The van der Waals surface area contributed by atoms with Gasteiger partial charge in [-0.1, -0.05) is 25.0 Å². The summed E-state index contributed by atoms with van der Waals surface area (Å²) in [5.74, 6) is 0.379. The summed E-state index contributed by atoms with van der Waals surface area (Å²) >= 11 is 0. The highest BCUT2D eigenvalue weighted by Gasteiger charge is 2.35. The minimum Gasteiger partial charge on any atom is -0.300 e. The highest BCUT2D eigenvalue weighted by molar-refractivity contribution is 5.96. The molecule has 2 nitrogen and oxygen atoms in total. The summed E-state index contributed by atoms with van der Waals surface area (Å²) in [6.45, 7) is 1.90. The predicted molar refractivity (Wildman–Crippen MR) is 77.3 cm³/mol. The molecular weight excluding hydrogens is 253 g/mol. The Labute approximate surface area is 120 Å². The van der Waals surface area contributed by atoms with E-state index in [2.05, 4.69) is 4.90 Å². The fourth-order valence-corrected chi connectivity index (χ4v) is 3.85.